The van der Waals surface area contributed by atoms with Crippen LogP contribution in [0.5, 0.6) is 0 Å². The van der Waals surface area contributed by atoms with E-state index in [1.54, 1.807) is 18.6 Å². The molecule has 3 rings (SSSR count). The molecule has 0 spiro atoms. The second-order valence-electron chi connectivity index (χ2n) is 9.33. The first-order valence-corrected chi connectivity index (χ1v) is 11.7. The van der Waals surface area contributed by atoms with Gasteiger partial charge in [0.05, 0.1) is 0 Å². The van der Waals surface area contributed by atoms with E-state index in [0.717, 1.165) is 34.0 Å². The number of nitrogens with one attached hydrogen (secondary N) is 4. The zero-order chi connectivity index (χ0) is 25.3. The van der Waals surface area contributed by atoms with E-state index >= 15 is 0 Å². The van der Waals surface area contributed by atoms with Crippen LogP contribution in [0.1, 0.15) is 33.3 Å². The highest BCUT2D eigenvalue weighted by atomic mass is 16.5. The lowest BCUT2D eigenvalue weighted by molar-refractivity contribution is 0.145. The largest absolute Gasteiger partial charge is 0.448 e. The molecule has 0 bridgehead atoms. The van der Waals surface area contributed by atoms with Crippen molar-refractivity contribution in [3.63, 3.8) is 0 Å². The number of carbonyl (C=O) groups excluding carboxylic acids is 2. The van der Waals surface area contributed by atoms with E-state index in [9.17, 15) is 9.59 Å². The van der Waals surface area contributed by atoms with E-state index in [1.807, 2.05) is 37.3 Å². The van der Waals surface area contributed by atoms with E-state index in [1.165, 1.54) is 0 Å². The van der Waals surface area contributed by atoms with Crippen LogP contribution in [-0.4, -0.2) is 48.3 Å². The van der Waals surface area contributed by atoms with Gasteiger partial charge in [0.1, 0.15) is 12.4 Å². The molecule has 0 saturated heterocycles. The molecule has 0 aliphatic carbocycles. The lowest BCUT2D eigenvalue weighted by Gasteiger charge is -2.18. The van der Waals surface area contributed by atoms with Crippen molar-refractivity contribution in [1.29, 1.82) is 0 Å². The van der Waals surface area contributed by atoms with Crippen molar-refractivity contribution in [3.8, 4) is 11.1 Å². The number of alkyl carbamates (subject to hydrolysis) is 1. The molecule has 186 valence electrons. The summed E-state index contributed by atoms with van der Waals surface area (Å²) in [5.41, 5.74) is 3.02. The van der Waals surface area contributed by atoms with Gasteiger partial charge >= 0.3 is 12.1 Å². The summed E-state index contributed by atoms with van der Waals surface area (Å²) in [6.07, 6.45) is 4.70. The minimum atomic E-state index is -0.476. The van der Waals surface area contributed by atoms with Gasteiger partial charge in [0, 0.05) is 50.2 Å². The number of hydrogen-bond acceptors (Lipinski definition) is 6. The maximum atomic E-state index is 12.2. The lowest BCUT2D eigenvalue weighted by atomic mass is 9.96. The van der Waals surface area contributed by atoms with E-state index in [-0.39, 0.29) is 18.0 Å². The highest BCUT2D eigenvalue weighted by molar-refractivity contribution is 6.00. The van der Waals surface area contributed by atoms with Crippen molar-refractivity contribution in [2.75, 3.05) is 31.6 Å². The Labute approximate surface area is 206 Å². The average molecular weight is 479 g/mol. The Balaban J connectivity index is 1.74. The predicted molar refractivity (Wildman–Crippen MR) is 138 cm³/mol. The fraction of sp³-hybridized carbons (Fsp3) is 0.385. The first kappa shape index (κ1) is 25.9. The first-order chi connectivity index (χ1) is 16.8. The molecule has 35 heavy (non-hydrogen) atoms. The number of aromatic nitrogens is 2. The predicted octanol–water partition coefficient (Wildman–Crippen LogP) is 4.30. The van der Waals surface area contributed by atoms with Crippen molar-refractivity contribution >= 4 is 28.7 Å². The summed E-state index contributed by atoms with van der Waals surface area (Å²) in [7, 11) is 0. The highest BCUT2D eigenvalue weighted by Crippen LogP contribution is 2.31. The van der Waals surface area contributed by atoms with Gasteiger partial charge in [-0.15, -0.1) is 0 Å². The maximum Gasteiger partial charge on any atom is 0.407 e. The van der Waals surface area contributed by atoms with E-state index in [2.05, 4.69) is 52.0 Å². The summed E-state index contributed by atoms with van der Waals surface area (Å²) in [5, 5.41) is 13.3. The molecule has 0 saturated carbocycles. The quantitative estimate of drug-likeness (QED) is 0.341. The zero-order valence-electron chi connectivity index (χ0n) is 20.8. The fourth-order valence-corrected chi connectivity index (χ4v) is 3.52. The summed E-state index contributed by atoms with van der Waals surface area (Å²) < 4.78 is 5.28. The molecule has 0 aliphatic rings. The Bertz CT molecular complexity index is 1150. The van der Waals surface area contributed by atoms with Crippen LogP contribution in [0.4, 0.5) is 15.4 Å². The summed E-state index contributed by atoms with van der Waals surface area (Å²) in [5.74, 6) is 0.436. The minimum absolute atomic E-state index is 0.176. The number of hydrogen-bond donors (Lipinski definition) is 4. The Hall–Kier alpha value is -3.72. The fourth-order valence-electron chi connectivity index (χ4n) is 3.52. The Kier molecular flexibility index (Phi) is 8.97. The lowest BCUT2D eigenvalue weighted by Crippen LogP contribution is -2.32. The van der Waals surface area contributed by atoms with Crippen molar-refractivity contribution in [2.24, 2.45) is 5.41 Å². The normalized spacial score (nSPS) is 11.2. The highest BCUT2D eigenvalue weighted by Gasteiger charge is 2.13. The second kappa shape index (κ2) is 12.1. The third-order valence-corrected chi connectivity index (χ3v) is 5.15. The second-order valence-corrected chi connectivity index (χ2v) is 9.33. The summed E-state index contributed by atoms with van der Waals surface area (Å²) in [6.45, 7) is 10.8. The van der Waals surface area contributed by atoms with Crippen LogP contribution in [0.3, 0.4) is 0 Å². The standard InChI is InChI=1S/C26H34N6O3/c1-5-29-24(33)32-23-14-21-20(18-8-10-27-11-9-18)7-6-19(22(21)16-30-23)15-31-25(34)35-13-12-28-17-26(2,3)4/h6-11,14,16,28H,5,12-13,15,17H2,1-4H3,(H,31,34)(H2,29,30,32,33). The summed E-state index contributed by atoms with van der Waals surface area (Å²) >= 11 is 0. The van der Waals surface area contributed by atoms with Crippen LogP contribution in [-0.2, 0) is 11.3 Å². The smallest absolute Gasteiger partial charge is 0.407 e. The number of fused-ring (bicyclic) bond motifs is 1. The van der Waals surface area contributed by atoms with Crippen LogP contribution < -0.4 is 21.3 Å². The molecule has 2 heterocycles. The number of nitrogens with zero attached hydrogens (tertiary/aromatic N) is 2. The molecule has 3 amide bonds. The van der Waals surface area contributed by atoms with Crippen LogP contribution in [0.25, 0.3) is 21.9 Å². The Morgan fingerprint density at radius 2 is 1.80 bits per heavy atom. The minimum Gasteiger partial charge on any atom is -0.448 e. The number of pyridine rings is 2. The van der Waals surface area contributed by atoms with Crippen molar-refractivity contribution in [2.45, 2.75) is 34.2 Å². The molecule has 0 aliphatic heterocycles. The van der Waals surface area contributed by atoms with Crippen LogP contribution >= 0.6 is 0 Å². The van der Waals surface area contributed by atoms with Crippen LogP contribution in [0.15, 0.2) is 48.9 Å². The van der Waals surface area contributed by atoms with Crippen LogP contribution in [0.2, 0.25) is 0 Å². The first-order valence-electron chi connectivity index (χ1n) is 11.7. The SMILES string of the molecule is CCNC(=O)Nc1cc2c(-c3ccncc3)ccc(CNC(=O)OCCNCC(C)(C)C)c2cn1. The average Bonchev–Trinajstić information content (AvgIpc) is 2.82. The number of carbonyl (C=O) groups is 2. The van der Waals surface area contributed by atoms with Gasteiger partial charge in [-0.05, 0) is 52.6 Å². The Morgan fingerprint density at radius 3 is 2.51 bits per heavy atom. The zero-order valence-corrected chi connectivity index (χ0v) is 20.8. The van der Waals surface area contributed by atoms with Gasteiger partial charge in [-0.2, -0.15) is 0 Å². The summed E-state index contributed by atoms with van der Waals surface area (Å²) in [6, 6.07) is 9.32. The number of benzene rings is 1. The molecule has 1 aromatic carbocycles. The number of amides is 3. The van der Waals surface area contributed by atoms with E-state index in [0.29, 0.717) is 25.5 Å². The number of anilines is 1. The molecule has 9 nitrogen and oxygen atoms in total. The third kappa shape index (κ3) is 7.92. The molecule has 9 heteroatoms. The monoisotopic (exact) mass is 478 g/mol. The number of rotatable bonds is 9. The molecule has 0 atom stereocenters. The molecule has 3 aromatic rings. The summed E-state index contributed by atoms with van der Waals surface area (Å²) in [4.78, 5) is 32.7. The van der Waals surface area contributed by atoms with Gasteiger partial charge in [0.2, 0.25) is 0 Å². The van der Waals surface area contributed by atoms with Gasteiger partial charge in [-0.1, -0.05) is 32.9 Å². The Morgan fingerprint density at radius 1 is 1.03 bits per heavy atom. The third-order valence-electron chi connectivity index (χ3n) is 5.15. The van der Waals surface area contributed by atoms with Gasteiger partial charge in [0.15, 0.2) is 0 Å². The topological polar surface area (TPSA) is 117 Å². The molecule has 0 unspecified atom stereocenters. The van der Waals surface area contributed by atoms with Gasteiger partial charge in [0.25, 0.3) is 0 Å². The molecule has 0 fully saturated rings. The molecule has 0 radical (unpaired) electrons. The number of ether oxygens (including phenoxy) is 1. The van der Waals surface area contributed by atoms with Crippen LogP contribution in [0, 0.1) is 5.41 Å². The number of urea groups is 1. The van der Waals surface area contributed by atoms with Gasteiger partial charge in [-0.25, -0.2) is 14.6 Å². The molecular formula is C26H34N6O3. The molecular weight excluding hydrogens is 444 g/mol. The van der Waals surface area contributed by atoms with Gasteiger partial charge in [-0.3, -0.25) is 10.3 Å². The van der Waals surface area contributed by atoms with E-state index in [4.69, 9.17) is 4.74 Å². The van der Waals surface area contributed by atoms with Crippen molar-refractivity contribution in [3.05, 3.63) is 54.5 Å². The van der Waals surface area contributed by atoms with Gasteiger partial charge < -0.3 is 20.7 Å². The van der Waals surface area contributed by atoms with Crippen molar-refractivity contribution < 1.29 is 14.3 Å². The van der Waals surface area contributed by atoms with E-state index < -0.39 is 6.09 Å². The maximum absolute atomic E-state index is 12.2. The molecule has 2 aromatic heterocycles. The molecule has 4 N–H and O–H groups in total. The van der Waals surface area contributed by atoms with Crippen molar-refractivity contribution in [1.82, 2.24) is 25.9 Å².